The lowest BCUT2D eigenvalue weighted by molar-refractivity contribution is -0.0548. The van der Waals surface area contributed by atoms with Crippen LogP contribution in [-0.4, -0.2) is 172 Å². The second-order valence-electron chi connectivity index (χ2n) is 21.9. The number of aliphatic hydroxyl groups excluding tert-OH is 6. The van der Waals surface area contributed by atoms with Gasteiger partial charge in [-0.05, 0) is 24.3 Å². The number of hydrogen-bond acceptors (Lipinski definition) is 26. The predicted molar refractivity (Wildman–Crippen MR) is 332 cm³/mol. The molecule has 12 N–H and O–H groups in total. The third-order valence-corrected chi connectivity index (χ3v) is 16.6. The molecular weight excluding hydrogens is 1380 g/mol. The Morgan fingerprint density at radius 2 is 0.747 bits per heavy atom. The molecule has 6 unspecified atom stereocenters. The van der Waals surface area contributed by atoms with Crippen LogP contribution in [-0.2, 0) is 61.1 Å². The normalized spacial score (nSPS) is 23.2. The molecule has 9 heterocycles. The van der Waals surface area contributed by atoms with Gasteiger partial charge in [-0.3, -0.25) is 55.4 Å². The lowest BCUT2D eigenvalue weighted by Crippen LogP contribution is -2.43. The van der Waals surface area contributed by atoms with Gasteiger partial charge in [0.1, 0.15) is 78.8 Å². The summed E-state index contributed by atoms with van der Waals surface area (Å²) in [5.41, 5.74) is -2.23. The van der Waals surface area contributed by atoms with Crippen LogP contribution in [0, 0.1) is 0 Å². The highest BCUT2D eigenvalue weighted by Gasteiger charge is 2.48. The van der Waals surface area contributed by atoms with Gasteiger partial charge in [-0.1, -0.05) is 78.9 Å². The van der Waals surface area contributed by atoms with E-state index in [2.05, 4.69) is 23.5 Å². The summed E-state index contributed by atoms with van der Waals surface area (Å²) in [6.45, 7) is -2.93. The minimum atomic E-state index is -4.84. The fourth-order valence-corrected chi connectivity index (χ4v) is 11.3. The van der Waals surface area contributed by atoms with Gasteiger partial charge < -0.3 is 87.5 Å². The number of rotatable bonds is 21. The Morgan fingerprint density at radius 1 is 0.384 bits per heavy atom. The molecule has 3 aliphatic heterocycles. The Labute approximate surface area is 553 Å². The Kier molecular flexibility index (Phi) is 22.8. The van der Waals surface area contributed by atoms with Crippen LogP contribution in [0.1, 0.15) is 36.1 Å². The summed E-state index contributed by atoms with van der Waals surface area (Å²) in [5.74, 6) is 1.96. The molecule has 12 rings (SSSR count). The summed E-state index contributed by atoms with van der Waals surface area (Å²) < 4.78 is 84.1. The largest absolute Gasteiger partial charge is 0.469 e. The van der Waals surface area contributed by atoms with E-state index in [9.17, 15) is 73.1 Å². The van der Waals surface area contributed by atoms with Crippen molar-refractivity contribution in [3.63, 3.8) is 0 Å². The van der Waals surface area contributed by atoms with E-state index in [0.29, 0.717) is 28.7 Å². The quantitative estimate of drug-likeness (QED) is 0.0381. The Hall–Kier alpha value is -8.63. The molecule has 6 aromatic heterocycles. The molecule has 0 bridgehead atoms. The molecule has 3 fully saturated rings. The van der Waals surface area contributed by atoms with Crippen molar-refractivity contribution in [1.29, 1.82) is 0 Å². The first kappa shape index (κ1) is 73.1. The summed E-state index contributed by atoms with van der Waals surface area (Å²) in [6, 6.07) is 33.9. The average Bonchev–Trinajstić information content (AvgIpc) is 1.72. The molecule has 3 aromatic carbocycles. The number of nitrogens with zero attached hydrogens (tertiary/aromatic N) is 8. The van der Waals surface area contributed by atoms with Crippen molar-refractivity contribution < 1.29 is 115 Å². The molecule has 528 valence electrons. The van der Waals surface area contributed by atoms with Gasteiger partial charge in [-0.2, -0.15) is 0 Å². The van der Waals surface area contributed by atoms with Crippen molar-refractivity contribution in [2.75, 3.05) is 19.8 Å². The maximum Gasteiger partial charge on any atom is 0.469 e. The summed E-state index contributed by atoms with van der Waals surface area (Å²) in [6.07, 6.45) is -11.8. The zero-order chi connectivity index (χ0) is 71.3. The minimum absolute atomic E-state index is 0.0895. The van der Waals surface area contributed by atoms with Crippen molar-refractivity contribution in [3.8, 4) is 34.1 Å². The SMILES string of the molecule is O=c1ccn([C@@H]2O[C@H](COP(=O)(O)O)C(O)C2O)c(=O)n1Cc1ccc(-c2ccccc2)o1.O=c1ccn([C@@H]2O[C@H](COP(=O)(O)O)C(O)C2O)c(=O)n1Cc1cnc(-c2ccccc2)o1.O=c1ccn([C@@H]2O[C@H](COP(=O)(O)O)C(O)C2O)c(=O)n1Cc1ncc(-c2ccccc2)o1. The molecule has 41 heteroatoms. The van der Waals surface area contributed by atoms with Gasteiger partial charge in [0.25, 0.3) is 16.7 Å². The van der Waals surface area contributed by atoms with Crippen molar-refractivity contribution in [1.82, 2.24) is 37.4 Å². The van der Waals surface area contributed by atoms with E-state index in [-0.39, 0.29) is 31.3 Å². The van der Waals surface area contributed by atoms with Crippen molar-refractivity contribution in [2.45, 2.75) is 93.3 Å². The number of benzene rings is 3. The topological polar surface area (TPSA) is 547 Å². The van der Waals surface area contributed by atoms with Crippen LogP contribution >= 0.6 is 23.5 Å². The molecule has 0 spiro atoms. The number of ether oxygens (including phenoxy) is 3. The summed E-state index contributed by atoms with van der Waals surface area (Å²) in [7, 11) is -14.5. The van der Waals surface area contributed by atoms with Gasteiger partial charge in [0, 0.05) is 53.5 Å². The van der Waals surface area contributed by atoms with Crippen molar-refractivity contribution in [3.05, 3.63) is 232 Å². The van der Waals surface area contributed by atoms with Crippen LogP contribution in [0.25, 0.3) is 34.1 Å². The first-order valence-corrected chi connectivity index (χ1v) is 33.8. The predicted octanol–water partition coefficient (Wildman–Crippen LogP) is -1.07. The van der Waals surface area contributed by atoms with E-state index in [1.165, 1.54) is 12.4 Å². The van der Waals surface area contributed by atoms with Crippen LogP contribution in [0.2, 0.25) is 0 Å². The fourth-order valence-electron chi connectivity index (χ4n) is 10.3. The summed E-state index contributed by atoms with van der Waals surface area (Å²) in [4.78, 5) is 137. The number of phosphoric acid groups is 3. The standard InChI is InChI=1S/C20H21N2O10P.2C19H20N3O10P/c23-16-8-9-21(19-18(25)17(24)15(32-19)11-30-33(27,28)29)20(26)22(16)10-13-6-7-14(31-13)12-4-2-1-3-5-12;23-15-6-7-21(18-17(25)16(24)13(32-18)10-30-33(27,28)29)19(26)22(15)9-14-20-8-12(31-14)11-4-2-1-3-5-11;23-14-6-7-21(18-16(25)15(24)13(32-18)10-30-33(27,28)29)19(26)22(14)9-12-8-20-17(31-12)11-4-2-1-3-5-11/h1-9,15,17-19,24-25H,10-11H2,(H2,27,28,29);1-8,13,16-18,24-25H,9-10H2,(H2,27,28,29);1-8,13,15-16,18,24-25H,9-10H2,(H2,27,28,29)/t15-,17?,18?,19-;13-,16?,17?,18-;13-,15?,16?,18-/m111/s1. The maximum atomic E-state index is 13.0. The molecule has 0 saturated carbocycles. The summed E-state index contributed by atoms with van der Waals surface area (Å²) >= 11 is 0. The first-order valence-electron chi connectivity index (χ1n) is 29.2. The van der Waals surface area contributed by atoms with Crippen LogP contribution in [0.4, 0.5) is 0 Å². The fraction of sp³-hybridized carbons (Fsp3) is 0.310. The third-order valence-electron chi connectivity index (χ3n) is 15.2. The van der Waals surface area contributed by atoms with E-state index in [1.807, 2.05) is 66.7 Å². The lowest BCUT2D eigenvalue weighted by atomic mass is 10.1. The Bertz CT molecular complexity index is 4310. The van der Waals surface area contributed by atoms with Crippen LogP contribution in [0.15, 0.2) is 194 Å². The van der Waals surface area contributed by atoms with Crippen molar-refractivity contribution >= 4 is 23.5 Å². The number of oxazole rings is 2. The number of furan rings is 1. The van der Waals surface area contributed by atoms with E-state index in [0.717, 1.165) is 75.3 Å². The van der Waals surface area contributed by atoms with Crippen LogP contribution in [0.5, 0.6) is 0 Å². The Morgan fingerprint density at radius 3 is 1.14 bits per heavy atom. The zero-order valence-electron chi connectivity index (χ0n) is 50.7. The number of aliphatic hydroxyl groups is 6. The highest BCUT2D eigenvalue weighted by molar-refractivity contribution is 7.46. The second-order valence-corrected chi connectivity index (χ2v) is 25.6. The summed E-state index contributed by atoms with van der Waals surface area (Å²) in [5, 5.41) is 61.4. The molecule has 99 heavy (non-hydrogen) atoms. The van der Waals surface area contributed by atoms with Crippen LogP contribution < -0.4 is 33.7 Å². The maximum absolute atomic E-state index is 13.0. The van der Waals surface area contributed by atoms with Gasteiger partial charge >= 0.3 is 40.5 Å². The first-order chi connectivity index (χ1) is 46.9. The van der Waals surface area contributed by atoms with E-state index in [1.54, 1.807) is 36.4 Å². The highest BCUT2D eigenvalue weighted by atomic mass is 31.2. The molecule has 0 amide bonds. The molecule has 3 saturated heterocycles. The lowest BCUT2D eigenvalue weighted by Gasteiger charge is -2.18. The smallest absolute Gasteiger partial charge is 0.459 e. The van der Waals surface area contributed by atoms with E-state index >= 15 is 0 Å². The molecule has 9 aromatic rings. The molecule has 0 radical (unpaired) electrons. The number of phosphoric ester groups is 3. The highest BCUT2D eigenvalue weighted by Crippen LogP contribution is 2.41. The number of hydrogen-bond donors (Lipinski definition) is 12. The Balaban J connectivity index is 0.000000161. The van der Waals surface area contributed by atoms with E-state index < -0.39 is 151 Å². The monoisotopic (exact) mass is 1440 g/mol. The van der Waals surface area contributed by atoms with Gasteiger partial charge in [-0.15, -0.1) is 0 Å². The van der Waals surface area contributed by atoms with Gasteiger partial charge in [0.15, 0.2) is 24.4 Å². The molecule has 3 aliphatic rings. The third kappa shape index (κ3) is 17.9. The minimum Gasteiger partial charge on any atom is -0.459 e. The van der Waals surface area contributed by atoms with Crippen LogP contribution in [0.3, 0.4) is 0 Å². The average molecular weight is 1440 g/mol. The van der Waals surface area contributed by atoms with Gasteiger partial charge in [0.05, 0.1) is 45.3 Å². The number of aromatic nitrogens is 8. The zero-order valence-corrected chi connectivity index (χ0v) is 53.4. The van der Waals surface area contributed by atoms with Gasteiger partial charge in [0.2, 0.25) is 11.8 Å². The molecule has 12 atom stereocenters. The molecule has 0 aliphatic carbocycles. The van der Waals surface area contributed by atoms with Gasteiger partial charge in [-0.25, -0.2) is 38.0 Å². The molecule has 38 nitrogen and oxygen atoms in total. The molecular formula is C58H61N8O30P3. The second kappa shape index (κ2) is 30.9. The van der Waals surface area contributed by atoms with E-state index in [4.69, 9.17) is 56.8 Å². The van der Waals surface area contributed by atoms with Crippen molar-refractivity contribution in [2.24, 2.45) is 0 Å².